The second-order valence-corrected chi connectivity index (χ2v) is 4.18. The van der Waals surface area contributed by atoms with Crippen LogP contribution in [-0.2, 0) is 4.79 Å². The fourth-order valence-corrected chi connectivity index (χ4v) is 1.73. The van der Waals surface area contributed by atoms with Gasteiger partial charge in [-0.3, -0.25) is 9.59 Å². The second kappa shape index (κ2) is 8.72. The molecule has 0 atom stereocenters. The number of nitrogens with one attached hydrogen (secondary N) is 1. The molecule has 1 heterocycles. The summed E-state index contributed by atoms with van der Waals surface area (Å²) in [4.78, 5) is 29.6. The van der Waals surface area contributed by atoms with Gasteiger partial charge in [-0.25, -0.2) is 4.98 Å². The van der Waals surface area contributed by atoms with Crippen LogP contribution in [0.4, 0.5) is 0 Å². The smallest absolute Gasteiger partial charge is 0.274 e. The van der Waals surface area contributed by atoms with E-state index in [1.165, 1.54) is 11.1 Å². The molecule has 0 aliphatic heterocycles. The molecule has 0 aliphatic rings. The molecule has 3 N–H and O–H groups in total. The van der Waals surface area contributed by atoms with E-state index >= 15 is 0 Å². The lowest BCUT2D eigenvalue weighted by molar-refractivity contribution is -0.121. The highest BCUT2D eigenvalue weighted by molar-refractivity contribution is 5.96. The Morgan fingerprint density at radius 2 is 2.19 bits per heavy atom. The molecule has 0 saturated heterocycles. The highest BCUT2D eigenvalue weighted by Gasteiger charge is 2.20. The normalized spacial score (nSPS) is 9.48. The third-order valence-electron chi connectivity index (χ3n) is 2.71. The maximum absolute atomic E-state index is 12.5. The number of nitrogens with two attached hydrogens (primary N) is 1. The minimum atomic E-state index is -0.314. The summed E-state index contributed by atoms with van der Waals surface area (Å²) < 4.78 is 0. The fourth-order valence-electron chi connectivity index (χ4n) is 1.73. The van der Waals surface area contributed by atoms with Crippen LogP contribution in [0.25, 0.3) is 0 Å². The maximum atomic E-state index is 12.5. The first kappa shape index (κ1) is 16.7. The van der Waals surface area contributed by atoms with Crippen LogP contribution in [0.3, 0.4) is 0 Å². The van der Waals surface area contributed by atoms with Gasteiger partial charge in [-0.15, -0.1) is 0 Å². The number of likely N-dealkylation sites (N-methyl/N-ethyl adjacent to an activating group) is 2. The van der Waals surface area contributed by atoms with E-state index in [1.54, 1.807) is 12.1 Å². The number of hydrogen-bond donors (Lipinski definition) is 2. The van der Waals surface area contributed by atoms with Crippen LogP contribution in [0.1, 0.15) is 29.9 Å². The summed E-state index contributed by atoms with van der Waals surface area (Å²) in [6.45, 7) is 4.79. The van der Waals surface area contributed by atoms with E-state index in [9.17, 15) is 9.59 Å². The van der Waals surface area contributed by atoms with E-state index in [2.05, 4.69) is 22.1 Å². The van der Waals surface area contributed by atoms with E-state index in [0.29, 0.717) is 18.7 Å². The monoisotopic (exact) mass is 288 g/mol. The number of pyridine rings is 1. The van der Waals surface area contributed by atoms with Gasteiger partial charge in [0, 0.05) is 19.3 Å². The van der Waals surface area contributed by atoms with Crippen LogP contribution < -0.4 is 11.1 Å². The Bertz CT molecular complexity index is 560. The molecular formula is C15H20N4O2. The van der Waals surface area contributed by atoms with Gasteiger partial charge in [0.1, 0.15) is 5.69 Å². The number of rotatable bonds is 5. The molecule has 2 amide bonds. The Morgan fingerprint density at radius 3 is 2.81 bits per heavy atom. The molecule has 6 nitrogen and oxygen atoms in total. The molecule has 0 radical (unpaired) electrons. The molecule has 0 saturated carbocycles. The molecule has 1 aromatic heterocycles. The zero-order chi connectivity index (χ0) is 15.7. The molecule has 0 unspecified atom stereocenters. The Labute approximate surface area is 124 Å². The molecule has 0 aromatic carbocycles. The first-order valence-corrected chi connectivity index (χ1v) is 6.83. The largest absolute Gasteiger partial charge is 0.355 e. The van der Waals surface area contributed by atoms with E-state index in [1.807, 2.05) is 13.8 Å². The Morgan fingerprint density at radius 1 is 1.43 bits per heavy atom. The molecular weight excluding hydrogens is 268 g/mol. The molecule has 0 aliphatic carbocycles. The standard InChI is InChI=1S/C15H20N4O2/c1-3-17-13(20)11-19(4-2)15(21)14-12(7-5-9-16)8-6-10-18-14/h6,8,10H,3-4,9,11,16H2,1-2H3,(H,17,20). The van der Waals surface area contributed by atoms with Gasteiger partial charge in [0.05, 0.1) is 18.7 Å². The maximum Gasteiger partial charge on any atom is 0.274 e. The Kier molecular flexibility index (Phi) is 6.92. The lowest BCUT2D eigenvalue weighted by Crippen LogP contribution is -2.41. The van der Waals surface area contributed by atoms with E-state index in [0.717, 1.165) is 0 Å². The van der Waals surface area contributed by atoms with Crippen molar-refractivity contribution in [2.24, 2.45) is 5.73 Å². The molecule has 1 rings (SSSR count). The van der Waals surface area contributed by atoms with Crippen LogP contribution in [0.5, 0.6) is 0 Å². The average Bonchev–Trinajstić information content (AvgIpc) is 2.50. The second-order valence-electron chi connectivity index (χ2n) is 4.18. The number of carbonyl (C=O) groups excluding carboxylic acids is 2. The number of nitrogens with zero attached hydrogens (tertiary/aromatic N) is 2. The first-order valence-electron chi connectivity index (χ1n) is 6.83. The van der Waals surface area contributed by atoms with Gasteiger partial charge < -0.3 is 16.0 Å². The van der Waals surface area contributed by atoms with Crippen LogP contribution >= 0.6 is 0 Å². The van der Waals surface area contributed by atoms with Gasteiger partial charge in [-0.2, -0.15) is 0 Å². The highest BCUT2D eigenvalue weighted by atomic mass is 16.2. The molecule has 0 fully saturated rings. The highest BCUT2D eigenvalue weighted by Crippen LogP contribution is 2.07. The van der Waals surface area contributed by atoms with Gasteiger partial charge in [0.25, 0.3) is 5.91 Å². The van der Waals surface area contributed by atoms with Crippen LogP contribution in [-0.4, -0.2) is 47.9 Å². The Hall–Kier alpha value is -2.39. The molecule has 1 aromatic rings. The van der Waals surface area contributed by atoms with Crippen LogP contribution in [0.15, 0.2) is 18.3 Å². The third-order valence-corrected chi connectivity index (χ3v) is 2.71. The van der Waals surface area contributed by atoms with Gasteiger partial charge in [-0.05, 0) is 26.0 Å². The first-order chi connectivity index (χ1) is 10.1. The lowest BCUT2D eigenvalue weighted by Gasteiger charge is -2.20. The molecule has 0 spiro atoms. The number of hydrogen-bond acceptors (Lipinski definition) is 4. The van der Waals surface area contributed by atoms with E-state index in [4.69, 9.17) is 5.73 Å². The van der Waals surface area contributed by atoms with Crippen LogP contribution in [0, 0.1) is 11.8 Å². The van der Waals surface area contributed by atoms with E-state index in [-0.39, 0.29) is 30.6 Å². The number of carbonyl (C=O) groups is 2. The summed E-state index contributed by atoms with van der Waals surface area (Å²) in [7, 11) is 0. The van der Waals surface area contributed by atoms with Crippen molar-refractivity contribution >= 4 is 11.8 Å². The van der Waals surface area contributed by atoms with Crippen LogP contribution in [0.2, 0.25) is 0 Å². The van der Waals surface area contributed by atoms with Crippen molar-refractivity contribution in [2.75, 3.05) is 26.2 Å². The number of amides is 2. The SMILES string of the molecule is CCNC(=O)CN(CC)C(=O)c1ncccc1C#CCN. The zero-order valence-corrected chi connectivity index (χ0v) is 12.3. The topological polar surface area (TPSA) is 88.3 Å². The van der Waals surface area contributed by atoms with Gasteiger partial charge in [-0.1, -0.05) is 11.8 Å². The predicted octanol–water partition coefficient (Wildman–Crippen LogP) is -0.01000. The minimum absolute atomic E-state index is 0.00348. The van der Waals surface area contributed by atoms with E-state index < -0.39 is 0 Å². The average molecular weight is 288 g/mol. The van der Waals surface area contributed by atoms with Crippen molar-refractivity contribution in [1.29, 1.82) is 0 Å². The molecule has 112 valence electrons. The summed E-state index contributed by atoms with van der Waals surface area (Å²) in [6.07, 6.45) is 1.53. The van der Waals surface area contributed by atoms with Gasteiger partial charge in [0.2, 0.25) is 5.91 Å². The molecule has 6 heteroatoms. The summed E-state index contributed by atoms with van der Waals surface area (Å²) >= 11 is 0. The summed E-state index contributed by atoms with van der Waals surface area (Å²) in [5.41, 5.74) is 6.10. The number of aromatic nitrogens is 1. The van der Waals surface area contributed by atoms with Gasteiger partial charge in [0.15, 0.2) is 0 Å². The molecule has 0 bridgehead atoms. The van der Waals surface area contributed by atoms with Crippen molar-refractivity contribution < 1.29 is 9.59 Å². The van der Waals surface area contributed by atoms with Gasteiger partial charge >= 0.3 is 0 Å². The van der Waals surface area contributed by atoms with Crippen molar-refractivity contribution in [2.45, 2.75) is 13.8 Å². The van der Waals surface area contributed by atoms with Crippen molar-refractivity contribution in [1.82, 2.24) is 15.2 Å². The predicted molar refractivity (Wildman–Crippen MR) is 80.4 cm³/mol. The fraction of sp³-hybridized carbons (Fsp3) is 0.400. The summed E-state index contributed by atoms with van der Waals surface area (Å²) in [6, 6.07) is 3.42. The molecule has 21 heavy (non-hydrogen) atoms. The quantitative estimate of drug-likeness (QED) is 0.746. The zero-order valence-electron chi connectivity index (χ0n) is 12.3. The minimum Gasteiger partial charge on any atom is -0.355 e. The summed E-state index contributed by atoms with van der Waals surface area (Å²) in [5, 5.41) is 2.67. The van der Waals surface area contributed by atoms with Crippen molar-refractivity contribution in [3.05, 3.63) is 29.6 Å². The lowest BCUT2D eigenvalue weighted by atomic mass is 10.1. The van der Waals surface area contributed by atoms with Crippen molar-refractivity contribution in [3.63, 3.8) is 0 Å². The Balaban J connectivity index is 2.97. The summed E-state index contributed by atoms with van der Waals surface area (Å²) in [5.74, 6) is 5.02. The third kappa shape index (κ3) is 4.89. The van der Waals surface area contributed by atoms with Crippen molar-refractivity contribution in [3.8, 4) is 11.8 Å².